The van der Waals surface area contributed by atoms with E-state index in [0.29, 0.717) is 13.0 Å². The number of urea groups is 1. The number of hydrogen-bond acceptors (Lipinski definition) is 4. The number of thiazole rings is 1. The number of nitrogens with zero attached hydrogens (tertiary/aromatic N) is 1. The molecule has 0 fully saturated rings. The van der Waals surface area contributed by atoms with E-state index in [9.17, 15) is 9.90 Å². The first-order valence-corrected chi connectivity index (χ1v) is 8.13. The van der Waals surface area contributed by atoms with E-state index in [4.69, 9.17) is 0 Å². The molecule has 1 heterocycles. The van der Waals surface area contributed by atoms with Gasteiger partial charge in [0.2, 0.25) is 0 Å². The number of aromatic nitrogens is 1. The molecule has 5 nitrogen and oxygen atoms in total. The van der Waals surface area contributed by atoms with Gasteiger partial charge in [0.25, 0.3) is 0 Å². The summed E-state index contributed by atoms with van der Waals surface area (Å²) in [7, 11) is 0. The fourth-order valence-electron chi connectivity index (χ4n) is 2.04. The first kappa shape index (κ1) is 16.5. The third-order valence-corrected chi connectivity index (χ3v) is 4.39. The van der Waals surface area contributed by atoms with E-state index in [2.05, 4.69) is 15.6 Å². The molecule has 2 unspecified atom stereocenters. The second-order valence-corrected chi connectivity index (χ2v) is 6.05. The molecule has 2 rings (SSSR count). The van der Waals surface area contributed by atoms with Crippen LogP contribution in [0.4, 0.5) is 4.79 Å². The molecule has 2 aromatic rings. The Kier molecular flexibility index (Phi) is 5.91. The second-order valence-electron chi connectivity index (χ2n) is 5.16. The SMILES string of the molecule is Cc1csc(C(C)NC(=O)NCCC(O)c2ccccc2)n1. The first-order valence-electron chi connectivity index (χ1n) is 7.25. The number of rotatable bonds is 6. The van der Waals surface area contributed by atoms with Crippen molar-refractivity contribution < 1.29 is 9.90 Å². The molecule has 0 radical (unpaired) electrons. The minimum absolute atomic E-state index is 0.127. The Morgan fingerprint density at radius 3 is 2.73 bits per heavy atom. The van der Waals surface area contributed by atoms with Crippen LogP contribution >= 0.6 is 11.3 Å². The van der Waals surface area contributed by atoms with Gasteiger partial charge >= 0.3 is 6.03 Å². The highest BCUT2D eigenvalue weighted by molar-refractivity contribution is 7.09. The fourth-order valence-corrected chi connectivity index (χ4v) is 2.85. The zero-order chi connectivity index (χ0) is 15.9. The summed E-state index contributed by atoms with van der Waals surface area (Å²) in [5.74, 6) is 0. The molecule has 118 valence electrons. The van der Waals surface area contributed by atoms with Gasteiger partial charge in [-0.25, -0.2) is 9.78 Å². The van der Waals surface area contributed by atoms with Crippen LogP contribution in [0.2, 0.25) is 0 Å². The van der Waals surface area contributed by atoms with Gasteiger partial charge in [0, 0.05) is 17.6 Å². The van der Waals surface area contributed by atoms with Crippen LogP contribution in [0.3, 0.4) is 0 Å². The molecule has 1 aromatic heterocycles. The highest BCUT2D eigenvalue weighted by Crippen LogP contribution is 2.17. The van der Waals surface area contributed by atoms with Crippen molar-refractivity contribution >= 4 is 17.4 Å². The van der Waals surface area contributed by atoms with E-state index in [1.54, 1.807) is 0 Å². The Morgan fingerprint density at radius 2 is 2.09 bits per heavy atom. The normalized spacial score (nSPS) is 13.4. The zero-order valence-corrected chi connectivity index (χ0v) is 13.6. The monoisotopic (exact) mass is 319 g/mol. The van der Waals surface area contributed by atoms with Crippen LogP contribution < -0.4 is 10.6 Å². The Bertz CT molecular complexity index is 600. The molecule has 3 N–H and O–H groups in total. The number of hydrogen-bond donors (Lipinski definition) is 3. The molecule has 0 bridgehead atoms. The van der Waals surface area contributed by atoms with Gasteiger partial charge in [-0.05, 0) is 25.8 Å². The largest absolute Gasteiger partial charge is 0.388 e. The number of carbonyl (C=O) groups excluding carboxylic acids is 1. The predicted octanol–water partition coefficient (Wildman–Crippen LogP) is 2.94. The average Bonchev–Trinajstić information content (AvgIpc) is 2.94. The topological polar surface area (TPSA) is 74.2 Å². The number of benzene rings is 1. The molecule has 0 aliphatic rings. The summed E-state index contributed by atoms with van der Waals surface area (Å²) in [6.07, 6.45) is -0.0946. The molecular weight excluding hydrogens is 298 g/mol. The lowest BCUT2D eigenvalue weighted by atomic mass is 10.1. The van der Waals surface area contributed by atoms with Crippen molar-refractivity contribution in [1.29, 1.82) is 0 Å². The maximum absolute atomic E-state index is 11.8. The van der Waals surface area contributed by atoms with Crippen molar-refractivity contribution in [2.45, 2.75) is 32.4 Å². The van der Waals surface area contributed by atoms with E-state index in [1.807, 2.05) is 49.6 Å². The maximum atomic E-state index is 11.8. The smallest absolute Gasteiger partial charge is 0.315 e. The van der Waals surface area contributed by atoms with Gasteiger partial charge in [-0.3, -0.25) is 0 Å². The van der Waals surface area contributed by atoms with Crippen molar-refractivity contribution in [2.24, 2.45) is 0 Å². The Morgan fingerprint density at radius 1 is 1.36 bits per heavy atom. The van der Waals surface area contributed by atoms with Gasteiger partial charge in [0.05, 0.1) is 12.1 Å². The Labute approximate surface area is 134 Å². The number of aliphatic hydroxyl groups excluding tert-OH is 1. The van der Waals surface area contributed by atoms with Gasteiger partial charge < -0.3 is 15.7 Å². The van der Waals surface area contributed by atoms with E-state index in [0.717, 1.165) is 16.3 Å². The second kappa shape index (κ2) is 7.91. The lowest BCUT2D eigenvalue weighted by Crippen LogP contribution is -2.37. The van der Waals surface area contributed by atoms with Crippen LogP contribution in [0.15, 0.2) is 35.7 Å². The minimum atomic E-state index is -0.569. The van der Waals surface area contributed by atoms with E-state index in [1.165, 1.54) is 11.3 Å². The van der Waals surface area contributed by atoms with E-state index in [-0.39, 0.29) is 12.1 Å². The van der Waals surface area contributed by atoms with Gasteiger partial charge in [-0.15, -0.1) is 11.3 Å². The summed E-state index contributed by atoms with van der Waals surface area (Å²) < 4.78 is 0. The predicted molar refractivity (Wildman–Crippen MR) is 87.8 cm³/mol. The third kappa shape index (κ3) is 4.82. The molecule has 1 aromatic carbocycles. The molecule has 0 aliphatic carbocycles. The highest BCUT2D eigenvalue weighted by atomic mass is 32.1. The molecule has 0 saturated carbocycles. The molecule has 0 spiro atoms. The van der Waals surface area contributed by atoms with Gasteiger partial charge in [0.1, 0.15) is 5.01 Å². The van der Waals surface area contributed by atoms with Crippen molar-refractivity contribution in [3.8, 4) is 0 Å². The minimum Gasteiger partial charge on any atom is -0.388 e. The standard InChI is InChI=1S/C16H21N3O2S/c1-11-10-22-15(18-11)12(2)19-16(21)17-9-8-14(20)13-6-4-3-5-7-13/h3-7,10,12,14,20H,8-9H2,1-2H3,(H2,17,19,21). The van der Waals surface area contributed by atoms with Crippen LogP contribution in [0.1, 0.15) is 41.8 Å². The highest BCUT2D eigenvalue weighted by Gasteiger charge is 2.13. The molecule has 22 heavy (non-hydrogen) atoms. The van der Waals surface area contributed by atoms with Crippen LogP contribution in [0, 0.1) is 6.92 Å². The number of nitrogens with one attached hydrogen (secondary N) is 2. The Balaban J connectivity index is 1.71. The molecule has 6 heteroatoms. The van der Waals surface area contributed by atoms with Gasteiger partial charge in [0.15, 0.2) is 0 Å². The fraction of sp³-hybridized carbons (Fsp3) is 0.375. The molecule has 2 amide bonds. The zero-order valence-electron chi connectivity index (χ0n) is 12.7. The molecule has 0 saturated heterocycles. The summed E-state index contributed by atoms with van der Waals surface area (Å²) in [6.45, 7) is 4.24. The number of aryl methyl sites for hydroxylation is 1. The summed E-state index contributed by atoms with van der Waals surface area (Å²) in [5.41, 5.74) is 1.82. The first-order chi connectivity index (χ1) is 10.6. The molecule has 0 aliphatic heterocycles. The Hall–Kier alpha value is -1.92. The van der Waals surface area contributed by atoms with Crippen LogP contribution in [0.5, 0.6) is 0 Å². The number of carbonyl (C=O) groups is 1. The summed E-state index contributed by atoms with van der Waals surface area (Å²) in [4.78, 5) is 16.2. The lowest BCUT2D eigenvalue weighted by Gasteiger charge is -2.14. The van der Waals surface area contributed by atoms with Crippen molar-refractivity contribution in [1.82, 2.24) is 15.6 Å². The van der Waals surface area contributed by atoms with Gasteiger partial charge in [-0.2, -0.15) is 0 Å². The number of aliphatic hydroxyl groups is 1. The van der Waals surface area contributed by atoms with Crippen LogP contribution in [-0.4, -0.2) is 22.7 Å². The average molecular weight is 319 g/mol. The van der Waals surface area contributed by atoms with Crippen molar-refractivity contribution in [3.63, 3.8) is 0 Å². The quantitative estimate of drug-likeness (QED) is 0.766. The third-order valence-electron chi connectivity index (χ3n) is 3.24. The van der Waals surface area contributed by atoms with E-state index < -0.39 is 6.10 Å². The van der Waals surface area contributed by atoms with Crippen LogP contribution in [-0.2, 0) is 0 Å². The molecular formula is C16H21N3O2S. The van der Waals surface area contributed by atoms with Crippen molar-refractivity contribution in [2.75, 3.05) is 6.54 Å². The lowest BCUT2D eigenvalue weighted by molar-refractivity contribution is 0.166. The summed E-state index contributed by atoms with van der Waals surface area (Å²) in [5, 5.41) is 18.5. The van der Waals surface area contributed by atoms with E-state index >= 15 is 0 Å². The van der Waals surface area contributed by atoms with Gasteiger partial charge in [-0.1, -0.05) is 30.3 Å². The summed E-state index contributed by atoms with van der Waals surface area (Å²) in [6, 6.07) is 9.05. The maximum Gasteiger partial charge on any atom is 0.315 e. The van der Waals surface area contributed by atoms with Crippen molar-refractivity contribution in [3.05, 3.63) is 52.0 Å². The van der Waals surface area contributed by atoms with Crippen LogP contribution in [0.25, 0.3) is 0 Å². The molecule has 2 atom stereocenters. The number of amides is 2. The summed E-state index contributed by atoms with van der Waals surface area (Å²) >= 11 is 1.53.